The number of para-hydroxylation sites is 1. The minimum Gasteiger partial charge on any atom is -0.308 e. The number of aromatic nitrogens is 1. The quantitative estimate of drug-likeness (QED) is 0.627. The number of hydrogen-bond acceptors (Lipinski definition) is 3. The van der Waals surface area contributed by atoms with Gasteiger partial charge in [0.1, 0.15) is 5.52 Å². The zero-order chi connectivity index (χ0) is 14.8. The molecule has 1 aromatic heterocycles. The number of carbonyl (C=O) groups excluding carboxylic acids is 1. The number of fused-ring (bicyclic) bond motifs is 1. The van der Waals surface area contributed by atoms with Gasteiger partial charge in [-0.3, -0.25) is 5.32 Å². The lowest BCUT2D eigenvalue weighted by atomic mass is 10.3. The Kier molecular flexibility index (Phi) is 4.10. The average molecular weight is 383 g/mol. The molecule has 21 heavy (non-hydrogen) atoms. The van der Waals surface area contributed by atoms with E-state index in [0.29, 0.717) is 21.4 Å². The summed E-state index contributed by atoms with van der Waals surface area (Å²) in [5.41, 5.74) is 1.40. The minimum absolute atomic E-state index is 0.340. The lowest BCUT2D eigenvalue weighted by Crippen LogP contribution is -2.19. The molecule has 7 heteroatoms. The van der Waals surface area contributed by atoms with Crippen LogP contribution in [0.1, 0.15) is 0 Å². The van der Waals surface area contributed by atoms with Gasteiger partial charge in [-0.15, -0.1) is 0 Å². The Labute approximate surface area is 138 Å². The van der Waals surface area contributed by atoms with Gasteiger partial charge in [-0.1, -0.05) is 44.9 Å². The maximum absolute atomic E-state index is 11.9. The zero-order valence-corrected chi connectivity index (χ0v) is 13.7. The van der Waals surface area contributed by atoms with Crippen molar-refractivity contribution in [1.82, 2.24) is 4.98 Å². The van der Waals surface area contributed by atoms with Crippen LogP contribution in [0.4, 0.5) is 15.6 Å². The van der Waals surface area contributed by atoms with Gasteiger partial charge in [-0.2, -0.15) is 0 Å². The number of benzene rings is 2. The van der Waals surface area contributed by atoms with Gasteiger partial charge in [0.25, 0.3) is 0 Å². The van der Waals surface area contributed by atoms with E-state index in [9.17, 15) is 4.79 Å². The van der Waals surface area contributed by atoms with Crippen molar-refractivity contribution in [3.05, 3.63) is 52.0 Å². The Morgan fingerprint density at radius 1 is 1.14 bits per heavy atom. The van der Waals surface area contributed by atoms with Crippen LogP contribution in [0.3, 0.4) is 0 Å². The first-order valence-electron chi connectivity index (χ1n) is 6.00. The fourth-order valence-corrected chi connectivity index (χ4v) is 3.19. The van der Waals surface area contributed by atoms with Crippen molar-refractivity contribution in [2.24, 2.45) is 0 Å². The van der Waals surface area contributed by atoms with Gasteiger partial charge in [0.15, 0.2) is 5.13 Å². The predicted molar refractivity (Wildman–Crippen MR) is 91.4 cm³/mol. The summed E-state index contributed by atoms with van der Waals surface area (Å²) in [4.78, 5) is 16.2. The molecular weight excluding hydrogens is 374 g/mol. The van der Waals surface area contributed by atoms with Crippen molar-refractivity contribution in [3.8, 4) is 0 Å². The molecule has 0 spiro atoms. The van der Waals surface area contributed by atoms with Crippen LogP contribution in [0, 0.1) is 0 Å². The highest BCUT2D eigenvalue weighted by atomic mass is 79.9. The Bertz CT molecular complexity index is 804. The Balaban J connectivity index is 1.74. The summed E-state index contributed by atoms with van der Waals surface area (Å²) in [6.45, 7) is 0. The van der Waals surface area contributed by atoms with Crippen molar-refractivity contribution in [3.63, 3.8) is 0 Å². The lowest BCUT2D eigenvalue weighted by molar-refractivity contribution is 0.262. The molecule has 0 radical (unpaired) electrons. The second-order valence-electron chi connectivity index (χ2n) is 4.19. The number of rotatable bonds is 2. The zero-order valence-electron chi connectivity index (χ0n) is 10.6. The van der Waals surface area contributed by atoms with E-state index >= 15 is 0 Å². The number of anilines is 2. The fourth-order valence-electron chi connectivity index (χ4n) is 1.76. The maximum Gasteiger partial charge on any atom is 0.325 e. The molecule has 2 aromatic carbocycles. The molecule has 0 aliphatic carbocycles. The average Bonchev–Trinajstić information content (AvgIpc) is 2.85. The molecule has 0 saturated carbocycles. The monoisotopic (exact) mass is 381 g/mol. The normalized spacial score (nSPS) is 10.6. The number of halogens is 2. The van der Waals surface area contributed by atoms with Gasteiger partial charge in [0.2, 0.25) is 0 Å². The predicted octanol–water partition coefficient (Wildman–Crippen LogP) is 5.36. The highest BCUT2D eigenvalue weighted by Crippen LogP contribution is 2.30. The maximum atomic E-state index is 11.9. The molecule has 0 fully saturated rings. The SMILES string of the molecule is O=C(Nc1ccc(Br)cc1)Nc1nc2c(Cl)cccc2s1. The molecule has 0 aliphatic heterocycles. The summed E-state index contributed by atoms with van der Waals surface area (Å²) < 4.78 is 1.88. The molecule has 4 nitrogen and oxygen atoms in total. The number of nitrogens with zero attached hydrogens (tertiary/aromatic N) is 1. The van der Waals surface area contributed by atoms with E-state index in [4.69, 9.17) is 11.6 Å². The van der Waals surface area contributed by atoms with E-state index < -0.39 is 0 Å². The minimum atomic E-state index is -0.340. The molecule has 0 bridgehead atoms. The third-order valence-electron chi connectivity index (χ3n) is 2.69. The Morgan fingerprint density at radius 3 is 2.62 bits per heavy atom. The van der Waals surface area contributed by atoms with Crippen LogP contribution in [0.15, 0.2) is 46.9 Å². The number of hydrogen-bond donors (Lipinski definition) is 2. The standard InChI is InChI=1S/C14H9BrClN3OS/c15-8-4-6-9(7-5-8)17-13(20)19-14-18-12-10(16)2-1-3-11(12)21-14/h1-7H,(H2,17,18,19,20). The van der Waals surface area contributed by atoms with Gasteiger partial charge >= 0.3 is 6.03 Å². The second-order valence-corrected chi connectivity index (χ2v) is 6.55. The van der Waals surface area contributed by atoms with E-state index in [0.717, 1.165) is 9.17 Å². The highest BCUT2D eigenvalue weighted by molar-refractivity contribution is 9.10. The van der Waals surface area contributed by atoms with Crippen LogP contribution in [0.2, 0.25) is 5.02 Å². The summed E-state index contributed by atoms with van der Waals surface area (Å²) in [7, 11) is 0. The Morgan fingerprint density at radius 2 is 1.90 bits per heavy atom. The van der Waals surface area contributed by atoms with Crippen molar-refractivity contribution < 1.29 is 4.79 Å². The van der Waals surface area contributed by atoms with Crippen LogP contribution >= 0.6 is 38.9 Å². The molecule has 0 unspecified atom stereocenters. The van der Waals surface area contributed by atoms with Gasteiger partial charge in [0, 0.05) is 10.2 Å². The molecule has 0 atom stereocenters. The first-order chi connectivity index (χ1) is 10.1. The smallest absolute Gasteiger partial charge is 0.308 e. The molecule has 3 rings (SSSR count). The van der Waals surface area contributed by atoms with Gasteiger partial charge in [0.05, 0.1) is 9.72 Å². The van der Waals surface area contributed by atoms with Crippen LogP contribution < -0.4 is 10.6 Å². The van der Waals surface area contributed by atoms with Crippen LogP contribution in [-0.2, 0) is 0 Å². The first-order valence-corrected chi connectivity index (χ1v) is 7.99. The number of urea groups is 1. The van der Waals surface area contributed by atoms with Crippen LogP contribution in [-0.4, -0.2) is 11.0 Å². The molecule has 2 N–H and O–H groups in total. The molecule has 3 aromatic rings. The third-order valence-corrected chi connectivity index (χ3v) is 4.46. The van der Waals surface area contributed by atoms with E-state index in [-0.39, 0.29) is 6.03 Å². The van der Waals surface area contributed by atoms with Crippen molar-refractivity contribution in [1.29, 1.82) is 0 Å². The highest BCUT2D eigenvalue weighted by Gasteiger charge is 2.09. The molecule has 1 heterocycles. The van der Waals surface area contributed by atoms with Gasteiger partial charge in [-0.05, 0) is 36.4 Å². The molecule has 2 amide bonds. The van der Waals surface area contributed by atoms with Gasteiger partial charge < -0.3 is 5.32 Å². The summed E-state index contributed by atoms with van der Waals surface area (Å²) in [6.07, 6.45) is 0. The van der Waals surface area contributed by atoms with Crippen LogP contribution in [0.5, 0.6) is 0 Å². The molecule has 0 saturated heterocycles. The second kappa shape index (κ2) is 6.01. The van der Waals surface area contributed by atoms with Crippen molar-refractivity contribution >= 4 is 65.9 Å². The molecule has 0 aliphatic rings. The number of carbonyl (C=O) groups is 1. The first kappa shape index (κ1) is 14.3. The molecule has 106 valence electrons. The fraction of sp³-hybridized carbons (Fsp3) is 0. The molecular formula is C14H9BrClN3OS. The third kappa shape index (κ3) is 3.34. The van der Waals surface area contributed by atoms with E-state index in [2.05, 4.69) is 31.5 Å². The Hall–Kier alpha value is -1.63. The summed E-state index contributed by atoms with van der Waals surface area (Å²) in [5.74, 6) is 0. The van der Waals surface area contributed by atoms with Crippen LogP contribution in [0.25, 0.3) is 10.2 Å². The number of thiazole rings is 1. The lowest BCUT2D eigenvalue weighted by Gasteiger charge is -2.05. The van der Waals surface area contributed by atoms with Gasteiger partial charge in [-0.25, -0.2) is 9.78 Å². The number of nitrogens with one attached hydrogen (secondary N) is 2. The number of amides is 2. The van der Waals surface area contributed by atoms with Crippen molar-refractivity contribution in [2.45, 2.75) is 0 Å². The summed E-state index contributed by atoms with van der Waals surface area (Å²) in [6, 6.07) is 12.5. The summed E-state index contributed by atoms with van der Waals surface area (Å²) in [5, 5.41) is 6.53. The summed E-state index contributed by atoms with van der Waals surface area (Å²) >= 11 is 10.8. The largest absolute Gasteiger partial charge is 0.325 e. The van der Waals surface area contributed by atoms with E-state index in [1.807, 2.05) is 24.3 Å². The topological polar surface area (TPSA) is 54.0 Å². The van der Waals surface area contributed by atoms with Crippen molar-refractivity contribution in [2.75, 3.05) is 10.6 Å². The van der Waals surface area contributed by atoms with E-state index in [1.165, 1.54) is 11.3 Å². The van der Waals surface area contributed by atoms with E-state index in [1.54, 1.807) is 18.2 Å².